The van der Waals surface area contributed by atoms with Crippen molar-refractivity contribution in [1.29, 1.82) is 0 Å². The van der Waals surface area contributed by atoms with Crippen LogP contribution < -0.4 is 11.1 Å². The predicted molar refractivity (Wildman–Crippen MR) is 121 cm³/mol. The van der Waals surface area contributed by atoms with Crippen LogP contribution in [0, 0.1) is 0 Å². The SMILES string of the molecule is CC(C)(C)OC(=O)OC(=O)OC(C)(C)C.CC(N)C(=O)O.CC(NC(=O)OC(C)(C)C)C(=O)O. The zero-order chi connectivity index (χ0) is 28.1. The number of aliphatic carboxylic acids is 2. The van der Waals surface area contributed by atoms with Gasteiger partial charge in [0.05, 0.1) is 0 Å². The van der Waals surface area contributed by atoms with Crippen molar-refractivity contribution >= 4 is 30.3 Å². The molecule has 13 heteroatoms. The number of carboxylic acid groups (broad SMARTS) is 2. The van der Waals surface area contributed by atoms with E-state index in [1.165, 1.54) is 13.8 Å². The van der Waals surface area contributed by atoms with Gasteiger partial charge in [-0.25, -0.2) is 14.4 Å². The largest absolute Gasteiger partial charge is 0.519 e. The Morgan fingerprint density at radius 1 is 0.676 bits per heavy atom. The molecule has 0 aliphatic heterocycles. The maximum atomic E-state index is 11.0. The van der Waals surface area contributed by atoms with Crippen molar-refractivity contribution in [2.24, 2.45) is 5.73 Å². The number of rotatable bonds is 3. The summed E-state index contributed by atoms with van der Waals surface area (Å²) < 4.78 is 18.6. The van der Waals surface area contributed by atoms with Crippen molar-refractivity contribution in [1.82, 2.24) is 5.32 Å². The Balaban J connectivity index is -0.000000461. The molecule has 0 spiro atoms. The van der Waals surface area contributed by atoms with E-state index in [-0.39, 0.29) is 0 Å². The summed E-state index contributed by atoms with van der Waals surface area (Å²) >= 11 is 0. The summed E-state index contributed by atoms with van der Waals surface area (Å²) in [7, 11) is 0. The van der Waals surface area contributed by atoms with E-state index in [1.54, 1.807) is 62.3 Å². The van der Waals surface area contributed by atoms with Crippen molar-refractivity contribution in [3.8, 4) is 0 Å². The lowest BCUT2D eigenvalue weighted by molar-refractivity contribution is -0.139. The minimum atomic E-state index is -1.09. The summed E-state index contributed by atoms with van der Waals surface area (Å²) in [4.78, 5) is 52.9. The molecule has 200 valence electrons. The quantitative estimate of drug-likeness (QED) is 0.253. The number of ether oxygens (including phenoxy) is 4. The first-order valence-electron chi connectivity index (χ1n) is 10.2. The van der Waals surface area contributed by atoms with Crippen LogP contribution in [-0.4, -0.2) is 69.4 Å². The Labute approximate surface area is 200 Å². The van der Waals surface area contributed by atoms with E-state index >= 15 is 0 Å². The summed E-state index contributed by atoms with van der Waals surface area (Å²) in [6, 6.07) is -1.67. The monoisotopic (exact) mass is 496 g/mol. The molecular formula is C21H40N2O11. The van der Waals surface area contributed by atoms with Gasteiger partial charge in [-0.15, -0.1) is 0 Å². The van der Waals surface area contributed by atoms with Gasteiger partial charge in [0.15, 0.2) is 0 Å². The van der Waals surface area contributed by atoms with Crippen molar-refractivity contribution in [3.63, 3.8) is 0 Å². The molecule has 5 N–H and O–H groups in total. The van der Waals surface area contributed by atoms with Crippen molar-refractivity contribution < 1.29 is 53.1 Å². The Morgan fingerprint density at radius 3 is 1.18 bits per heavy atom. The Kier molecular flexibility index (Phi) is 15.6. The van der Waals surface area contributed by atoms with E-state index in [2.05, 4.69) is 10.1 Å². The maximum Gasteiger partial charge on any atom is 0.519 e. The third kappa shape index (κ3) is 28.9. The number of hydrogen-bond acceptors (Lipinski definition) is 10. The molecule has 0 aliphatic rings. The first-order chi connectivity index (χ1) is 14.9. The molecule has 0 saturated heterocycles. The lowest BCUT2D eigenvalue weighted by Crippen LogP contribution is -2.41. The zero-order valence-corrected chi connectivity index (χ0v) is 21.8. The van der Waals surface area contributed by atoms with Crippen LogP contribution in [0.2, 0.25) is 0 Å². The Morgan fingerprint density at radius 2 is 0.971 bits per heavy atom. The smallest absolute Gasteiger partial charge is 0.480 e. The van der Waals surface area contributed by atoms with Crippen LogP contribution >= 0.6 is 0 Å². The van der Waals surface area contributed by atoms with Gasteiger partial charge >= 0.3 is 30.3 Å². The van der Waals surface area contributed by atoms with Crippen LogP contribution in [0.4, 0.5) is 14.4 Å². The van der Waals surface area contributed by atoms with E-state index in [4.69, 9.17) is 30.2 Å². The number of hydrogen-bond donors (Lipinski definition) is 4. The van der Waals surface area contributed by atoms with E-state index < -0.39 is 59.2 Å². The number of carboxylic acids is 2. The number of carbonyl (C=O) groups excluding carboxylic acids is 3. The molecule has 2 unspecified atom stereocenters. The van der Waals surface area contributed by atoms with Gasteiger partial charge in [0.25, 0.3) is 0 Å². The summed E-state index contributed by atoms with van der Waals surface area (Å²) in [6.07, 6.45) is -2.84. The molecule has 0 bridgehead atoms. The highest BCUT2D eigenvalue weighted by Gasteiger charge is 2.24. The minimum Gasteiger partial charge on any atom is -0.480 e. The van der Waals surface area contributed by atoms with E-state index in [0.29, 0.717) is 0 Å². The Bertz CT molecular complexity index is 658. The second-order valence-electron chi connectivity index (χ2n) is 9.86. The first-order valence-corrected chi connectivity index (χ1v) is 10.2. The van der Waals surface area contributed by atoms with Gasteiger partial charge in [-0.05, 0) is 76.2 Å². The number of alkyl carbamates (subject to hydrolysis) is 1. The summed E-state index contributed by atoms with van der Waals surface area (Å²) in [5.41, 5.74) is 2.84. The van der Waals surface area contributed by atoms with Crippen LogP contribution in [0.25, 0.3) is 0 Å². The highest BCUT2D eigenvalue weighted by molar-refractivity contribution is 5.79. The topological polar surface area (TPSA) is 201 Å². The van der Waals surface area contributed by atoms with Gasteiger partial charge in [-0.1, -0.05) is 0 Å². The molecule has 0 aromatic carbocycles. The van der Waals surface area contributed by atoms with Gasteiger partial charge in [0.2, 0.25) is 0 Å². The number of nitrogens with one attached hydrogen (secondary N) is 1. The average molecular weight is 497 g/mol. The molecule has 0 aromatic rings. The lowest BCUT2D eigenvalue weighted by Gasteiger charge is -2.20. The minimum absolute atomic E-state index is 0.609. The van der Waals surface area contributed by atoms with E-state index in [9.17, 15) is 24.0 Å². The van der Waals surface area contributed by atoms with Gasteiger partial charge in [-0.2, -0.15) is 0 Å². The highest BCUT2D eigenvalue weighted by atomic mass is 16.8. The van der Waals surface area contributed by atoms with E-state index in [0.717, 1.165) is 0 Å². The maximum absolute atomic E-state index is 11.0. The molecular weight excluding hydrogens is 456 g/mol. The number of nitrogens with two attached hydrogens (primary N) is 1. The predicted octanol–water partition coefficient (Wildman–Crippen LogP) is 3.28. The van der Waals surface area contributed by atoms with Crippen LogP contribution in [0.15, 0.2) is 0 Å². The molecule has 2 atom stereocenters. The van der Waals surface area contributed by atoms with Crippen molar-refractivity contribution in [2.75, 3.05) is 0 Å². The fourth-order valence-corrected chi connectivity index (χ4v) is 1.16. The third-order valence-corrected chi connectivity index (χ3v) is 2.44. The first kappa shape index (κ1) is 35.5. The third-order valence-electron chi connectivity index (χ3n) is 2.44. The fourth-order valence-electron chi connectivity index (χ4n) is 1.16. The van der Waals surface area contributed by atoms with Crippen LogP contribution in [0.1, 0.15) is 76.2 Å². The van der Waals surface area contributed by atoms with Crippen molar-refractivity contribution in [2.45, 2.75) is 105 Å². The molecule has 0 heterocycles. The standard InChI is InChI=1S/C10H18O5.C8H15NO4.C3H7NO2/c1-9(2,3)14-7(11)13-8(12)15-10(4,5)6;1-5(6(10)11)9-7(12)13-8(2,3)4;1-2(4)3(5)6/h1-6H3;5H,1-4H3,(H,9,12)(H,10,11);2H,4H2,1H3,(H,5,6). The van der Waals surface area contributed by atoms with Gasteiger partial charge < -0.3 is 40.2 Å². The van der Waals surface area contributed by atoms with Crippen LogP contribution in [-0.2, 0) is 28.5 Å². The van der Waals surface area contributed by atoms with E-state index in [1.807, 2.05) is 0 Å². The van der Waals surface area contributed by atoms with Gasteiger partial charge in [-0.3, -0.25) is 9.59 Å². The summed E-state index contributed by atoms with van der Waals surface area (Å²) in [5.74, 6) is -2.05. The molecule has 0 aliphatic carbocycles. The molecule has 0 saturated carbocycles. The number of carbonyl (C=O) groups is 5. The van der Waals surface area contributed by atoms with Gasteiger partial charge in [0, 0.05) is 0 Å². The molecule has 34 heavy (non-hydrogen) atoms. The zero-order valence-electron chi connectivity index (χ0n) is 21.8. The van der Waals surface area contributed by atoms with Crippen LogP contribution in [0.5, 0.6) is 0 Å². The molecule has 0 radical (unpaired) electrons. The summed E-state index contributed by atoms with van der Waals surface area (Å²) in [5, 5.41) is 18.5. The molecule has 0 rings (SSSR count). The fraction of sp³-hybridized carbons (Fsp3) is 0.762. The second-order valence-corrected chi connectivity index (χ2v) is 9.86. The molecule has 0 fully saturated rings. The molecule has 0 aromatic heterocycles. The van der Waals surface area contributed by atoms with Crippen molar-refractivity contribution in [3.05, 3.63) is 0 Å². The normalized spacial score (nSPS) is 12.7. The molecule has 13 nitrogen and oxygen atoms in total. The number of amides is 1. The average Bonchev–Trinajstić information content (AvgIpc) is 2.49. The lowest BCUT2D eigenvalue weighted by atomic mass is 10.2. The Hall–Kier alpha value is -3.09. The second kappa shape index (κ2) is 14.9. The summed E-state index contributed by atoms with van der Waals surface area (Å²) in [6.45, 7) is 17.9. The van der Waals surface area contributed by atoms with Crippen LogP contribution in [0.3, 0.4) is 0 Å². The highest BCUT2D eigenvalue weighted by Crippen LogP contribution is 2.11. The van der Waals surface area contributed by atoms with Gasteiger partial charge in [0.1, 0.15) is 28.9 Å². The molecule has 1 amide bonds.